The van der Waals surface area contributed by atoms with Crippen molar-refractivity contribution in [1.29, 1.82) is 0 Å². The Morgan fingerprint density at radius 1 is 0.964 bits per heavy atom. The standard InChI is InChI=1S/C24H27N3O/c1-5-27(19-11-7-6-8-12-19)20-15-18(16-25-17-20)23(28)26-22-14-10-9-13-21(22)24(2,3)4/h6-17H,5H2,1-4H3,(H,26,28). The topological polar surface area (TPSA) is 45.2 Å². The van der Waals surface area contributed by atoms with Gasteiger partial charge in [0.05, 0.1) is 17.4 Å². The van der Waals surface area contributed by atoms with Crippen LogP contribution in [0, 0.1) is 0 Å². The summed E-state index contributed by atoms with van der Waals surface area (Å²) >= 11 is 0. The van der Waals surface area contributed by atoms with Crippen LogP contribution in [0.1, 0.15) is 43.6 Å². The van der Waals surface area contributed by atoms with E-state index in [1.165, 1.54) is 0 Å². The number of carbonyl (C=O) groups is 1. The predicted octanol–water partition coefficient (Wildman–Crippen LogP) is 5.79. The van der Waals surface area contributed by atoms with Crippen molar-refractivity contribution in [3.63, 3.8) is 0 Å². The van der Waals surface area contributed by atoms with Gasteiger partial charge < -0.3 is 10.2 Å². The highest BCUT2D eigenvalue weighted by molar-refractivity contribution is 6.05. The van der Waals surface area contributed by atoms with E-state index in [0.717, 1.165) is 29.2 Å². The summed E-state index contributed by atoms with van der Waals surface area (Å²) in [6, 6.07) is 19.9. The van der Waals surface area contributed by atoms with E-state index >= 15 is 0 Å². The van der Waals surface area contributed by atoms with Crippen LogP contribution in [0.5, 0.6) is 0 Å². The Morgan fingerprint density at radius 2 is 1.64 bits per heavy atom. The van der Waals surface area contributed by atoms with Gasteiger partial charge in [-0.1, -0.05) is 57.2 Å². The minimum absolute atomic E-state index is 0.0592. The monoisotopic (exact) mass is 373 g/mol. The van der Waals surface area contributed by atoms with Crippen LogP contribution in [0.2, 0.25) is 0 Å². The Balaban J connectivity index is 1.88. The molecule has 4 heteroatoms. The molecule has 144 valence electrons. The number of aromatic nitrogens is 1. The Labute approximate surface area is 167 Å². The molecule has 0 unspecified atom stereocenters. The van der Waals surface area contributed by atoms with Crippen molar-refractivity contribution in [1.82, 2.24) is 4.98 Å². The van der Waals surface area contributed by atoms with Crippen LogP contribution in [-0.2, 0) is 5.41 Å². The average Bonchev–Trinajstić information content (AvgIpc) is 2.69. The Hall–Kier alpha value is -3.14. The Bertz CT molecular complexity index is 945. The number of nitrogens with one attached hydrogen (secondary N) is 1. The van der Waals surface area contributed by atoms with Crippen LogP contribution >= 0.6 is 0 Å². The second kappa shape index (κ2) is 8.26. The van der Waals surface area contributed by atoms with Gasteiger partial charge in [-0.25, -0.2) is 0 Å². The Morgan fingerprint density at radius 3 is 2.32 bits per heavy atom. The summed E-state index contributed by atoms with van der Waals surface area (Å²) < 4.78 is 0. The van der Waals surface area contributed by atoms with E-state index in [-0.39, 0.29) is 11.3 Å². The van der Waals surface area contributed by atoms with Gasteiger partial charge >= 0.3 is 0 Å². The highest BCUT2D eigenvalue weighted by Crippen LogP contribution is 2.30. The fourth-order valence-electron chi connectivity index (χ4n) is 3.26. The summed E-state index contributed by atoms with van der Waals surface area (Å²) in [6.45, 7) is 9.28. The summed E-state index contributed by atoms with van der Waals surface area (Å²) in [5.74, 6) is -0.157. The Kier molecular flexibility index (Phi) is 5.78. The zero-order valence-electron chi connectivity index (χ0n) is 16.9. The van der Waals surface area contributed by atoms with Gasteiger partial charge in [-0.2, -0.15) is 0 Å². The highest BCUT2D eigenvalue weighted by Gasteiger charge is 2.19. The predicted molar refractivity (Wildman–Crippen MR) is 116 cm³/mol. The van der Waals surface area contributed by atoms with E-state index in [0.29, 0.717) is 5.56 Å². The van der Waals surface area contributed by atoms with Crippen molar-refractivity contribution in [3.8, 4) is 0 Å². The van der Waals surface area contributed by atoms with Crippen LogP contribution in [-0.4, -0.2) is 17.4 Å². The molecule has 2 aromatic carbocycles. The largest absolute Gasteiger partial charge is 0.340 e. The fraction of sp³-hybridized carbons (Fsp3) is 0.250. The van der Waals surface area contributed by atoms with Crippen LogP contribution < -0.4 is 10.2 Å². The first kappa shape index (κ1) is 19.6. The first-order valence-electron chi connectivity index (χ1n) is 9.58. The number of amides is 1. The molecule has 1 N–H and O–H groups in total. The zero-order chi connectivity index (χ0) is 20.1. The SMILES string of the molecule is CCN(c1ccccc1)c1cncc(C(=O)Nc2ccccc2C(C)(C)C)c1. The van der Waals surface area contributed by atoms with E-state index in [9.17, 15) is 4.79 Å². The van der Waals surface area contributed by atoms with E-state index < -0.39 is 0 Å². The van der Waals surface area contributed by atoms with Crippen LogP contribution in [0.25, 0.3) is 0 Å². The average molecular weight is 374 g/mol. The maximum absolute atomic E-state index is 12.9. The third-order valence-corrected chi connectivity index (χ3v) is 4.67. The van der Waals surface area contributed by atoms with Gasteiger partial charge in [-0.15, -0.1) is 0 Å². The maximum Gasteiger partial charge on any atom is 0.257 e. The summed E-state index contributed by atoms with van der Waals surface area (Å²) in [6.07, 6.45) is 3.40. The zero-order valence-corrected chi connectivity index (χ0v) is 16.9. The molecule has 1 heterocycles. The third-order valence-electron chi connectivity index (χ3n) is 4.67. The number of carbonyl (C=O) groups excluding carboxylic acids is 1. The molecule has 28 heavy (non-hydrogen) atoms. The summed E-state index contributed by atoms with van der Waals surface area (Å²) in [7, 11) is 0. The van der Waals surface area contributed by atoms with Gasteiger partial charge in [0.1, 0.15) is 0 Å². The number of benzene rings is 2. The van der Waals surface area contributed by atoms with Crippen molar-refractivity contribution in [3.05, 3.63) is 84.2 Å². The molecule has 3 aromatic rings. The molecule has 0 saturated carbocycles. The van der Waals surface area contributed by atoms with E-state index in [2.05, 4.69) is 61.1 Å². The molecule has 3 rings (SSSR count). The minimum atomic E-state index is -0.157. The summed E-state index contributed by atoms with van der Waals surface area (Å²) in [5.41, 5.74) is 4.38. The summed E-state index contributed by atoms with van der Waals surface area (Å²) in [4.78, 5) is 19.4. The van der Waals surface area contributed by atoms with Crippen molar-refractivity contribution >= 4 is 23.0 Å². The number of nitrogens with zero attached hydrogens (tertiary/aromatic N) is 2. The van der Waals surface area contributed by atoms with Crippen molar-refractivity contribution < 1.29 is 4.79 Å². The number of hydrogen-bond acceptors (Lipinski definition) is 3. The lowest BCUT2D eigenvalue weighted by Crippen LogP contribution is -2.20. The summed E-state index contributed by atoms with van der Waals surface area (Å²) in [5, 5.41) is 3.06. The molecule has 0 aliphatic rings. The lowest BCUT2D eigenvalue weighted by atomic mass is 9.86. The molecular weight excluding hydrogens is 346 g/mol. The van der Waals surface area contributed by atoms with E-state index in [1.807, 2.05) is 42.5 Å². The molecule has 0 aliphatic carbocycles. The molecule has 0 aliphatic heterocycles. The minimum Gasteiger partial charge on any atom is -0.340 e. The lowest BCUT2D eigenvalue weighted by Gasteiger charge is -2.24. The number of rotatable bonds is 5. The second-order valence-corrected chi connectivity index (χ2v) is 7.76. The molecule has 0 atom stereocenters. The molecule has 1 aromatic heterocycles. The quantitative estimate of drug-likeness (QED) is 0.616. The van der Waals surface area contributed by atoms with Crippen LogP contribution in [0.4, 0.5) is 17.1 Å². The smallest absolute Gasteiger partial charge is 0.257 e. The van der Waals surface area contributed by atoms with Crippen molar-refractivity contribution in [2.24, 2.45) is 0 Å². The van der Waals surface area contributed by atoms with Gasteiger partial charge in [-0.3, -0.25) is 9.78 Å². The first-order valence-corrected chi connectivity index (χ1v) is 9.58. The van der Waals surface area contributed by atoms with Crippen molar-refractivity contribution in [2.45, 2.75) is 33.1 Å². The molecule has 0 radical (unpaired) electrons. The molecule has 0 bridgehead atoms. The third kappa shape index (κ3) is 4.39. The highest BCUT2D eigenvalue weighted by atomic mass is 16.1. The lowest BCUT2D eigenvalue weighted by molar-refractivity contribution is 0.102. The first-order chi connectivity index (χ1) is 13.4. The molecule has 1 amide bonds. The molecule has 0 saturated heterocycles. The van der Waals surface area contributed by atoms with E-state index in [1.54, 1.807) is 12.4 Å². The number of pyridine rings is 1. The van der Waals surface area contributed by atoms with Crippen molar-refractivity contribution in [2.75, 3.05) is 16.8 Å². The fourth-order valence-corrected chi connectivity index (χ4v) is 3.26. The molecule has 4 nitrogen and oxygen atoms in total. The van der Waals surface area contributed by atoms with Gasteiger partial charge in [0.2, 0.25) is 0 Å². The van der Waals surface area contributed by atoms with Gasteiger partial charge in [0.25, 0.3) is 5.91 Å². The van der Waals surface area contributed by atoms with Crippen LogP contribution in [0.3, 0.4) is 0 Å². The molecular formula is C24H27N3O. The van der Waals surface area contributed by atoms with E-state index in [4.69, 9.17) is 0 Å². The van der Waals surface area contributed by atoms with Gasteiger partial charge in [-0.05, 0) is 42.2 Å². The second-order valence-electron chi connectivity index (χ2n) is 7.76. The van der Waals surface area contributed by atoms with Crippen LogP contribution in [0.15, 0.2) is 73.1 Å². The number of para-hydroxylation sites is 2. The van der Waals surface area contributed by atoms with Gasteiger partial charge in [0.15, 0.2) is 0 Å². The van der Waals surface area contributed by atoms with Gasteiger partial charge in [0, 0.05) is 24.1 Å². The normalized spacial score (nSPS) is 11.1. The molecule has 0 spiro atoms. The number of anilines is 3. The number of hydrogen-bond donors (Lipinski definition) is 1. The maximum atomic E-state index is 12.9. The molecule has 0 fully saturated rings.